The van der Waals surface area contributed by atoms with E-state index < -0.39 is 16.0 Å². The fourth-order valence-corrected chi connectivity index (χ4v) is 4.96. The average Bonchev–Trinajstić information content (AvgIpc) is 2.99. The molecule has 150 valence electrons. The van der Waals surface area contributed by atoms with Crippen molar-refractivity contribution < 1.29 is 17.9 Å². The van der Waals surface area contributed by atoms with Crippen LogP contribution in [0.5, 0.6) is 0 Å². The molecule has 1 aliphatic rings. The zero-order valence-electron chi connectivity index (χ0n) is 15.2. The number of hydrogen-bond acceptors (Lipinski definition) is 4. The molecule has 0 atom stereocenters. The van der Waals surface area contributed by atoms with E-state index in [1.807, 2.05) is 0 Å². The normalized spacial score (nSPS) is 15.8. The van der Waals surface area contributed by atoms with E-state index in [9.17, 15) is 13.2 Å². The summed E-state index contributed by atoms with van der Waals surface area (Å²) in [6, 6.07) is 10.9. The first-order valence-electron chi connectivity index (χ1n) is 9.09. The van der Waals surface area contributed by atoms with Gasteiger partial charge in [0.2, 0.25) is 10.0 Å². The van der Waals surface area contributed by atoms with E-state index in [-0.39, 0.29) is 17.1 Å². The molecule has 1 saturated heterocycles. The second-order valence-electron chi connectivity index (χ2n) is 6.67. The van der Waals surface area contributed by atoms with Crippen LogP contribution in [0.15, 0.2) is 47.4 Å². The summed E-state index contributed by atoms with van der Waals surface area (Å²) in [5, 5.41) is 0.795. The molecule has 0 bridgehead atoms. The van der Waals surface area contributed by atoms with Crippen molar-refractivity contribution in [1.82, 2.24) is 4.31 Å². The first-order valence-corrected chi connectivity index (χ1v) is 11.3. The molecule has 1 fully saturated rings. The van der Waals surface area contributed by atoms with Crippen molar-refractivity contribution in [3.8, 4) is 0 Å². The van der Waals surface area contributed by atoms with Gasteiger partial charge in [-0.1, -0.05) is 48.2 Å². The van der Waals surface area contributed by atoms with Gasteiger partial charge in [-0.2, -0.15) is 4.31 Å². The molecule has 0 N–H and O–H groups in total. The van der Waals surface area contributed by atoms with Gasteiger partial charge < -0.3 is 4.74 Å². The molecule has 1 aliphatic heterocycles. The maximum absolute atomic E-state index is 12.9. The summed E-state index contributed by atoms with van der Waals surface area (Å²) in [6.45, 7) is 1.03. The first-order chi connectivity index (χ1) is 13.4. The number of benzene rings is 2. The third-order valence-corrected chi connectivity index (χ3v) is 7.26. The van der Waals surface area contributed by atoms with Gasteiger partial charge in [0, 0.05) is 13.1 Å². The van der Waals surface area contributed by atoms with Gasteiger partial charge in [0.1, 0.15) is 6.61 Å². The number of sulfonamides is 1. The topological polar surface area (TPSA) is 63.7 Å². The molecular formula is C20H21Cl2NO4S. The van der Waals surface area contributed by atoms with Gasteiger partial charge in [-0.05, 0) is 48.7 Å². The van der Waals surface area contributed by atoms with E-state index in [2.05, 4.69) is 0 Å². The van der Waals surface area contributed by atoms with Gasteiger partial charge in [-0.15, -0.1) is 0 Å². The second kappa shape index (κ2) is 9.27. The second-order valence-corrected chi connectivity index (χ2v) is 9.42. The molecule has 0 unspecified atom stereocenters. The van der Waals surface area contributed by atoms with Gasteiger partial charge in [-0.3, -0.25) is 0 Å². The number of hydrogen-bond donors (Lipinski definition) is 0. The maximum atomic E-state index is 12.9. The molecule has 28 heavy (non-hydrogen) atoms. The average molecular weight is 442 g/mol. The quantitative estimate of drug-likeness (QED) is 0.617. The van der Waals surface area contributed by atoms with Crippen molar-refractivity contribution in [3.63, 3.8) is 0 Å². The molecule has 2 aromatic carbocycles. The highest BCUT2D eigenvalue weighted by Gasteiger charge is 2.26. The third-order valence-electron chi connectivity index (χ3n) is 4.63. The molecule has 0 saturated carbocycles. The van der Waals surface area contributed by atoms with E-state index in [0.717, 1.165) is 25.7 Å². The molecular weight excluding hydrogens is 421 g/mol. The number of carbonyl (C=O) groups excluding carboxylic acids is 1. The first kappa shape index (κ1) is 21.1. The molecule has 8 heteroatoms. The Labute approximate surface area is 175 Å². The predicted molar refractivity (Wildman–Crippen MR) is 109 cm³/mol. The molecule has 5 nitrogen and oxygen atoms in total. The molecule has 3 rings (SSSR count). The summed E-state index contributed by atoms with van der Waals surface area (Å²) in [6.07, 6.45) is 3.77. The Morgan fingerprint density at radius 1 is 0.964 bits per heavy atom. The van der Waals surface area contributed by atoms with Gasteiger partial charge in [0.15, 0.2) is 0 Å². The predicted octanol–water partition coefficient (Wildman–Crippen LogP) is 4.92. The summed E-state index contributed by atoms with van der Waals surface area (Å²) >= 11 is 11.8. The largest absolute Gasteiger partial charge is 0.457 e. The minimum Gasteiger partial charge on any atom is -0.457 e. The van der Waals surface area contributed by atoms with Gasteiger partial charge in [-0.25, -0.2) is 13.2 Å². The van der Waals surface area contributed by atoms with E-state index in [0.29, 0.717) is 28.7 Å². The Hall–Kier alpha value is -1.60. The number of esters is 1. The molecule has 2 aromatic rings. The molecule has 0 aliphatic carbocycles. The van der Waals surface area contributed by atoms with Crippen LogP contribution in [0, 0.1) is 0 Å². The lowest BCUT2D eigenvalue weighted by atomic mass is 10.2. The SMILES string of the molecule is O=C(OCc1ccc(Cl)c(Cl)c1)c1cccc(S(=O)(=O)N2CCCCCC2)c1. The summed E-state index contributed by atoms with van der Waals surface area (Å²) in [4.78, 5) is 12.5. The van der Waals surface area contributed by atoms with Crippen molar-refractivity contribution in [2.45, 2.75) is 37.2 Å². The minimum atomic E-state index is -3.63. The van der Waals surface area contributed by atoms with Crippen molar-refractivity contribution in [2.75, 3.05) is 13.1 Å². The lowest BCUT2D eigenvalue weighted by Gasteiger charge is -2.20. The highest BCUT2D eigenvalue weighted by atomic mass is 35.5. The number of ether oxygens (including phenoxy) is 1. The van der Waals surface area contributed by atoms with Gasteiger partial charge in [0.05, 0.1) is 20.5 Å². The number of halogens is 2. The summed E-state index contributed by atoms with van der Waals surface area (Å²) in [5.74, 6) is -0.598. The van der Waals surface area contributed by atoms with Crippen LogP contribution < -0.4 is 0 Å². The lowest BCUT2D eigenvalue weighted by molar-refractivity contribution is 0.0472. The Kier molecular flexibility index (Phi) is 6.99. The van der Waals surface area contributed by atoms with Crippen LogP contribution in [-0.2, 0) is 21.4 Å². The molecule has 0 amide bonds. The summed E-state index contributed by atoms with van der Waals surface area (Å²) in [5.41, 5.74) is 0.882. The van der Waals surface area contributed by atoms with E-state index in [1.54, 1.807) is 30.3 Å². The lowest BCUT2D eigenvalue weighted by Crippen LogP contribution is -2.32. The maximum Gasteiger partial charge on any atom is 0.338 e. The van der Waals surface area contributed by atoms with Crippen molar-refractivity contribution in [1.29, 1.82) is 0 Å². The zero-order valence-corrected chi connectivity index (χ0v) is 17.6. The third kappa shape index (κ3) is 5.06. The van der Waals surface area contributed by atoms with Crippen molar-refractivity contribution >= 4 is 39.2 Å². The molecule has 0 spiro atoms. The Morgan fingerprint density at radius 2 is 1.68 bits per heavy atom. The van der Waals surface area contributed by atoms with Crippen molar-refractivity contribution in [3.05, 3.63) is 63.6 Å². The fourth-order valence-electron chi connectivity index (χ4n) is 3.08. The number of rotatable bonds is 5. The fraction of sp³-hybridized carbons (Fsp3) is 0.350. The Morgan fingerprint density at radius 3 is 2.36 bits per heavy atom. The summed E-state index contributed by atoms with van der Waals surface area (Å²) < 4.78 is 32.6. The number of nitrogens with zero attached hydrogens (tertiary/aromatic N) is 1. The molecule has 1 heterocycles. The Bertz CT molecular complexity index is 954. The number of carbonyl (C=O) groups is 1. The van der Waals surface area contributed by atoms with Crippen LogP contribution in [-0.4, -0.2) is 31.8 Å². The Balaban J connectivity index is 1.72. The van der Waals surface area contributed by atoms with Crippen LogP contribution in [0.4, 0.5) is 0 Å². The van der Waals surface area contributed by atoms with E-state index in [1.165, 1.54) is 16.4 Å². The van der Waals surface area contributed by atoms with E-state index >= 15 is 0 Å². The van der Waals surface area contributed by atoms with Crippen LogP contribution in [0.2, 0.25) is 10.0 Å². The van der Waals surface area contributed by atoms with Crippen LogP contribution in [0.25, 0.3) is 0 Å². The van der Waals surface area contributed by atoms with E-state index in [4.69, 9.17) is 27.9 Å². The zero-order chi connectivity index (χ0) is 20.1. The van der Waals surface area contributed by atoms with Gasteiger partial charge >= 0.3 is 5.97 Å². The minimum absolute atomic E-state index is 0.0127. The molecule has 0 radical (unpaired) electrons. The van der Waals surface area contributed by atoms with Crippen LogP contribution in [0.1, 0.15) is 41.6 Å². The van der Waals surface area contributed by atoms with Crippen molar-refractivity contribution in [2.24, 2.45) is 0 Å². The van der Waals surface area contributed by atoms with Crippen LogP contribution >= 0.6 is 23.2 Å². The summed E-state index contributed by atoms with van der Waals surface area (Å²) in [7, 11) is -3.63. The smallest absolute Gasteiger partial charge is 0.338 e. The standard InChI is InChI=1S/C20H21Cl2NO4S/c21-18-9-8-15(12-19(18)22)14-27-20(24)16-6-5-7-17(13-16)28(25,26)23-10-3-1-2-4-11-23/h5-9,12-13H,1-4,10-11,14H2. The highest BCUT2D eigenvalue weighted by molar-refractivity contribution is 7.89. The highest BCUT2D eigenvalue weighted by Crippen LogP contribution is 2.24. The monoisotopic (exact) mass is 441 g/mol. The van der Waals surface area contributed by atoms with Gasteiger partial charge in [0.25, 0.3) is 0 Å². The van der Waals surface area contributed by atoms with Crippen LogP contribution in [0.3, 0.4) is 0 Å². The molecule has 0 aromatic heterocycles.